The summed E-state index contributed by atoms with van der Waals surface area (Å²) >= 11 is 0. The van der Waals surface area contributed by atoms with Gasteiger partial charge in [-0.05, 0) is 19.1 Å². The Morgan fingerprint density at radius 3 is 2.86 bits per heavy atom. The van der Waals surface area contributed by atoms with Crippen molar-refractivity contribution >= 4 is 23.6 Å². The van der Waals surface area contributed by atoms with E-state index >= 15 is 0 Å². The van der Waals surface area contributed by atoms with Crippen molar-refractivity contribution in [1.82, 2.24) is 14.5 Å². The number of imidazole rings is 1. The van der Waals surface area contributed by atoms with Crippen LogP contribution in [0.1, 0.15) is 6.92 Å². The number of nitrogens with zero attached hydrogens (tertiary/aromatic N) is 4. The monoisotopic (exact) mass is 408 g/mol. The molecule has 1 saturated heterocycles. The van der Waals surface area contributed by atoms with Crippen molar-refractivity contribution < 1.29 is 27.8 Å². The molecule has 2 aromatic heterocycles. The van der Waals surface area contributed by atoms with Crippen LogP contribution >= 0.6 is 0 Å². The lowest BCUT2D eigenvalue weighted by molar-refractivity contribution is -0.118. The van der Waals surface area contributed by atoms with Gasteiger partial charge < -0.3 is 25.1 Å². The third-order valence-electron chi connectivity index (χ3n) is 4.67. The molecule has 1 unspecified atom stereocenters. The van der Waals surface area contributed by atoms with Gasteiger partial charge in [-0.25, -0.2) is 23.5 Å². The van der Waals surface area contributed by atoms with E-state index in [4.69, 9.17) is 15.2 Å². The summed E-state index contributed by atoms with van der Waals surface area (Å²) in [5.74, 6) is 0.606. The van der Waals surface area contributed by atoms with Gasteiger partial charge in [0.05, 0.1) is 12.1 Å². The molecule has 4 heterocycles. The average Bonchev–Trinajstić information content (AvgIpc) is 3.21. The van der Waals surface area contributed by atoms with Gasteiger partial charge in [-0.2, -0.15) is 4.98 Å². The largest absolute Gasteiger partial charge is 0.475 e. The molecule has 4 rings (SSSR count). The molecule has 0 radical (unpaired) electrons. The van der Waals surface area contributed by atoms with Crippen molar-refractivity contribution in [2.45, 2.75) is 32.0 Å². The van der Waals surface area contributed by atoms with Crippen LogP contribution < -0.4 is 20.7 Å². The first-order chi connectivity index (χ1) is 13.8. The van der Waals surface area contributed by atoms with E-state index < -0.39 is 37.1 Å². The number of alkyl halides is 2. The number of ether oxygens (including phenoxy) is 2. The molecule has 2 aliphatic rings. The Bertz CT molecular complexity index is 965. The second-order valence-electron chi connectivity index (χ2n) is 6.63. The van der Waals surface area contributed by atoms with Crippen molar-refractivity contribution in [3.63, 3.8) is 0 Å². The molecule has 154 valence electrons. The second kappa shape index (κ2) is 7.18. The number of hydrogen-bond acceptors (Lipinski definition) is 7. The zero-order valence-corrected chi connectivity index (χ0v) is 15.3. The summed E-state index contributed by atoms with van der Waals surface area (Å²) in [7, 11) is 0. The summed E-state index contributed by atoms with van der Waals surface area (Å²) in [4.78, 5) is 32.8. The van der Waals surface area contributed by atoms with E-state index in [0.717, 1.165) is 4.90 Å². The normalized spacial score (nSPS) is 19.1. The van der Waals surface area contributed by atoms with Gasteiger partial charge in [0.15, 0.2) is 5.82 Å². The highest BCUT2D eigenvalue weighted by atomic mass is 19.3. The minimum atomic E-state index is -2.76. The Hall–Kier alpha value is -3.44. The Labute approximate surface area is 163 Å². The van der Waals surface area contributed by atoms with Crippen LogP contribution in [0.5, 0.6) is 5.88 Å². The fourth-order valence-electron chi connectivity index (χ4n) is 3.12. The number of fused-ring (bicyclic) bond motifs is 3. The second-order valence-corrected chi connectivity index (χ2v) is 6.63. The first-order valence-electron chi connectivity index (χ1n) is 8.86. The Balaban J connectivity index is 1.68. The number of amides is 2. The van der Waals surface area contributed by atoms with Gasteiger partial charge in [-0.15, -0.1) is 0 Å². The maximum absolute atomic E-state index is 13.3. The third kappa shape index (κ3) is 3.41. The Kier molecular flexibility index (Phi) is 4.68. The summed E-state index contributed by atoms with van der Waals surface area (Å²) in [6.45, 7) is 1.83. The predicted octanol–water partition coefficient (Wildman–Crippen LogP) is 1.21. The van der Waals surface area contributed by atoms with Crippen LogP contribution in [-0.4, -0.2) is 58.3 Å². The Morgan fingerprint density at radius 1 is 1.34 bits per heavy atom. The molecule has 10 nitrogen and oxygen atoms in total. The van der Waals surface area contributed by atoms with Crippen molar-refractivity contribution in [3.8, 4) is 17.3 Å². The third-order valence-corrected chi connectivity index (χ3v) is 4.67. The molecular weight excluding hydrogens is 390 g/mol. The maximum atomic E-state index is 13.3. The van der Waals surface area contributed by atoms with Crippen molar-refractivity contribution in [3.05, 3.63) is 18.3 Å². The summed E-state index contributed by atoms with van der Waals surface area (Å²) in [5.41, 5.74) is 5.77. The fourth-order valence-corrected chi connectivity index (χ4v) is 3.12. The molecule has 2 aliphatic heterocycles. The standard InChI is InChI=1S/C17H18F2N6O4/c1-8(14(20)26)21-11-3-2-9-15-23-12(6-24(15)4-5-28-16(9)22-11)25-10(13(18)19)7-29-17(25)27/h2-3,6,8,10,13H,4-5,7H2,1H3,(H2,20,26)(H,21,22)/t8?,10-/m0/s1. The maximum Gasteiger partial charge on any atom is 0.416 e. The molecule has 1 fully saturated rings. The van der Waals surface area contributed by atoms with Gasteiger partial charge in [0.25, 0.3) is 6.43 Å². The lowest BCUT2D eigenvalue weighted by atomic mass is 10.2. The predicted molar refractivity (Wildman–Crippen MR) is 96.9 cm³/mol. The van der Waals surface area contributed by atoms with E-state index in [2.05, 4.69) is 15.3 Å². The summed E-state index contributed by atoms with van der Waals surface area (Å²) in [6.07, 6.45) is -2.11. The minimum Gasteiger partial charge on any atom is -0.475 e. The number of carbonyl (C=O) groups excluding carboxylic acids is 2. The summed E-state index contributed by atoms with van der Waals surface area (Å²) < 4.78 is 38.7. The van der Waals surface area contributed by atoms with Crippen LogP contribution in [0.15, 0.2) is 18.3 Å². The van der Waals surface area contributed by atoms with Crippen LogP contribution in [0.4, 0.5) is 25.2 Å². The first kappa shape index (κ1) is 18.9. The lowest BCUT2D eigenvalue weighted by Gasteiger charge is -2.17. The zero-order chi connectivity index (χ0) is 20.7. The number of cyclic esters (lactones) is 1. The number of rotatable bonds is 5. The van der Waals surface area contributed by atoms with E-state index in [1.807, 2.05) is 0 Å². The molecular formula is C17H18F2N6O4. The lowest BCUT2D eigenvalue weighted by Crippen LogP contribution is -2.38. The van der Waals surface area contributed by atoms with Crippen LogP contribution in [-0.2, 0) is 16.1 Å². The van der Waals surface area contributed by atoms with Gasteiger partial charge in [-0.1, -0.05) is 0 Å². The van der Waals surface area contributed by atoms with Gasteiger partial charge in [-0.3, -0.25) is 4.79 Å². The van der Waals surface area contributed by atoms with Crippen molar-refractivity contribution in [2.75, 3.05) is 23.4 Å². The van der Waals surface area contributed by atoms with Gasteiger partial charge in [0, 0.05) is 6.20 Å². The molecule has 0 spiro atoms. The molecule has 0 bridgehead atoms. The van der Waals surface area contributed by atoms with E-state index in [1.165, 1.54) is 6.20 Å². The highest BCUT2D eigenvalue weighted by Crippen LogP contribution is 2.35. The topological polar surface area (TPSA) is 125 Å². The van der Waals surface area contributed by atoms with Gasteiger partial charge >= 0.3 is 6.09 Å². The highest BCUT2D eigenvalue weighted by Gasteiger charge is 2.42. The van der Waals surface area contributed by atoms with Crippen LogP contribution in [0.25, 0.3) is 11.4 Å². The number of hydrogen-bond donors (Lipinski definition) is 2. The molecule has 2 atom stereocenters. The van der Waals surface area contributed by atoms with Crippen LogP contribution in [0, 0.1) is 0 Å². The average molecular weight is 408 g/mol. The molecule has 29 heavy (non-hydrogen) atoms. The molecule has 0 aliphatic carbocycles. The van der Waals surface area contributed by atoms with Crippen LogP contribution in [0.3, 0.4) is 0 Å². The number of nitrogens with one attached hydrogen (secondary N) is 1. The summed E-state index contributed by atoms with van der Waals surface area (Å²) in [5, 5.41) is 2.86. The number of primary amides is 1. The number of nitrogens with two attached hydrogens (primary N) is 1. The van der Waals surface area contributed by atoms with E-state index in [9.17, 15) is 18.4 Å². The quantitative estimate of drug-likeness (QED) is 0.762. The fraction of sp³-hybridized carbons (Fsp3) is 0.412. The Morgan fingerprint density at radius 2 is 2.14 bits per heavy atom. The molecule has 12 heteroatoms. The SMILES string of the molecule is CC(Nc1ccc2c(n1)OCCn1cc(N3C(=O)OC[C@H]3C(F)F)nc1-2)C(N)=O. The number of anilines is 2. The van der Waals surface area contributed by atoms with Gasteiger partial charge in [0.2, 0.25) is 11.8 Å². The first-order valence-corrected chi connectivity index (χ1v) is 8.86. The van der Waals surface area contributed by atoms with E-state index in [0.29, 0.717) is 23.8 Å². The van der Waals surface area contributed by atoms with Gasteiger partial charge in [0.1, 0.15) is 36.9 Å². The molecule has 3 N–H and O–H groups in total. The van der Waals surface area contributed by atoms with Crippen molar-refractivity contribution in [2.24, 2.45) is 5.73 Å². The van der Waals surface area contributed by atoms with E-state index in [1.54, 1.807) is 23.6 Å². The molecule has 0 saturated carbocycles. The molecule has 0 aromatic carbocycles. The molecule has 2 aromatic rings. The molecule has 2 amide bonds. The minimum absolute atomic E-state index is 0.0743. The number of aromatic nitrogens is 3. The highest BCUT2D eigenvalue weighted by molar-refractivity contribution is 5.89. The van der Waals surface area contributed by atoms with Crippen LogP contribution in [0.2, 0.25) is 0 Å². The number of carbonyl (C=O) groups is 2. The zero-order valence-electron chi connectivity index (χ0n) is 15.3. The van der Waals surface area contributed by atoms with Crippen molar-refractivity contribution in [1.29, 1.82) is 0 Å². The smallest absolute Gasteiger partial charge is 0.416 e. The van der Waals surface area contributed by atoms with E-state index in [-0.39, 0.29) is 18.3 Å². The number of halogens is 2. The number of pyridine rings is 1. The summed E-state index contributed by atoms with van der Waals surface area (Å²) in [6, 6.07) is 1.28.